The molecule has 4 nitrogen and oxygen atoms in total. The zero-order chi connectivity index (χ0) is 15.8. The summed E-state index contributed by atoms with van der Waals surface area (Å²) in [5.41, 5.74) is 1.91. The van der Waals surface area contributed by atoms with E-state index in [2.05, 4.69) is 5.32 Å². The van der Waals surface area contributed by atoms with E-state index in [-0.39, 0.29) is 12.1 Å². The third-order valence-corrected chi connectivity index (χ3v) is 2.93. The van der Waals surface area contributed by atoms with Gasteiger partial charge in [-0.05, 0) is 36.3 Å². The standard InChI is InChI=1S/C18H16N2O2/c1-14(10-15-6-3-2-4-7-15)11-16(12-19)18(21)20-13-17-8-5-9-22-17/h2-11H,13H2,1H3,(H,20,21)/b14-10+,16-11+. The molecule has 1 heterocycles. The smallest absolute Gasteiger partial charge is 0.262 e. The largest absolute Gasteiger partial charge is 0.467 e. The Kier molecular flexibility index (Phi) is 5.33. The summed E-state index contributed by atoms with van der Waals surface area (Å²) < 4.78 is 5.13. The summed E-state index contributed by atoms with van der Waals surface area (Å²) in [6, 6.07) is 15.2. The summed E-state index contributed by atoms with van der Waals surface area (Å²) in [6.07, 6.45) is 5.02. The van der Waals surface area contributed by atoms with Crippen molar-refractivity contribution in [2.45, 2.75) is 13.5 Å². The molecule has 0 aliphatic carbocycles. The number of nitrogens with zero attached hydrogens (tertiary/aromatic N) is 1. The lowest BCUT2D eigenvalue weighted by molar-refractivity contribution is -0.117. The molecule has 0 atom stereocenters. The Morgan fingerprint density at radius 2 is 2.05 bits per heavy atom. The van der Waals surface area contributed by atoms with E-state index in [1.165, 1.54) is 6.26 Å². The minimum atomic E-state index is -0.417. The summed E-state index contributed by atoms with van der Waals surface area (Å²) in [6.45, 7) is 2.11. The van der Waals surface area contributed by atoms with Crippen LogP contribution >= 0.6 is 0 Å². The third kappa shape index (κ3) is 4.50. The van der Waals surface area contributed by atoms with Crippen LogP contribution in [0.15, 0.2) is 70.4 Å². The van der Waals surface area contributed by atoms with Crippen molar-refractivity contribution in [1.29, 1.82) is 5.26 Å². The Bertz CT molecular complexity index is 720. The SMILES string of the molecule is CC(=C\c1ccccc1)/C=C(\C#N)C(=O)NCc1ccco1. The highest BCUT2D eigenvalue weighted by Crippen LogP contribution is 2.09. The summed E-state index contributed by atoms with van der Waals surface area (Å²) in [4.78, 5) is 12.0. The van der Waals surface area contributed by atoms with Gasteiger partial charge in [-0.1, -0.05) is 36.4 Å². The fourth-order valence-electron chi connectivity index (χ4n) is 1.91. The molecular weight excluding hydrogens is 276 g/mol. The third-order valence-electron chi connectivity index (χ3n) is 2.93. The van der Waals surface area contributed by atoms with Crippen molar-refractivity contribution in [3.8, 4) is 6.07 Å². The molecule has 1 aromatic heterocycles. The number of furan rings is 1. The van der Waals surface area contributed by atoms with E-state index in [4.69, 9.17) is 9.68 Å². The summed E-state index contributed by atoms with van der Waals surface area (Å²) in [5.74, 6) is 0.224. The first-order valence-electron chi connectivity index (χ1n) is 6.85. The van der Waals surface area contributed by atoms with Crippen LogP contribution in [0.4, 0.5) is 0 Å². The molecule has 0 spiro atoms. The average Bonchev–Trinajstić information content (AvgIpc) is 3.04. The number of hydrogen-bond donors (Lipinski definition) is 1. The predicted octanol–water partition coefficient (Wildman–Crippen LogP) is 3.45. The molecule has 1 N–H and O–H groups in total. The van der Waals surface area contributed by atoms with Crippen molar-refractivity contribution in [2.75, 3.05) is 0 Å². The minimum absolute atomic E-state index is 0.0660. The molecule has 0 saturated heterocycles. The van der Waals surface area contributed by atoms with Gasteiger partial charge in [0.2, 0.25) is 0 Å². The van der Waals surface area contributed by atoms with Gasteiger partial charge in [-0.25, -0.2) is 0 Å². The molecule has 0 radical (unpaired) electrons. The van der Waals surface area contributed by atoms with Crippen LogP contribution < -0.4 is 5.32 Å². The second kappa shape index (κ2) is 7.65. The number of amides is 1. The summed E-state index contributed by atoms with van der Waals surface area (Å²) in [7, 11) is 0. The van der Waals surface area contributed by atoms with Crippen LogP contribution in [0.5, 0.6) is 0 Å². The molecule has 0 aliphatic rings. The Balaban J connectivity index is 2.05. The predicted molar refractivity (Wildman–Crippen MR) is 84.3 cm³/mol. The van der Waals surface area contributed by atoms with Gasteiger partial charge in [0.15, 0.2) is 0 Å². The number of carbonyl (C=O) groups excluding carboxylic acids is 1. The van der Waals surface area contributed by atoms with Crippen LogP contribution in [0.1, 0.15) is 18.2 Å². The molecule has 4 heteroatoms. The Labute approximate surface area is 129 Å². The summed E-state index contributed by atoms with van der Waals surface area (Å²) >= 11 is 0. The Hall–Kier alpha value is -3.06. The maximum absolute atomic E-state index is 12.0. The Morgan fingerprint density at radius 3 is 2.68 bits per heavy atom. The second-order valence-electron chi connectivity index (χ2n) is 4.73. The van der Waals surface area contributed by atoms with Crippen LogP contribution in [0.25, 0.3) is 6.08 Å². The van der Waals surface area contributed by atoms with Crippen molar-refractivity contribution in [3.05, 3.63) is 77.3 Å². The molecule has 2 rings (SSSR count). The molecule has 0 saturated carbocycles. The van der Waals surface area contributed by atoms with Gasteiger partial charge in [0.25, 0.3) is 5.91 Å². The van der Waals surface area contributed by atoms with E-state index in [9.17, 15) is 4.79 Å². The number of benzene rings is 1. The zero-order valence-corrected chi connectivity index (χ0v) is 12.2. The minimum Gasteiger partial charge on any atom is -0.467 e. The molecule has 0 aliphatic heterocycles. The molecule has 0 fully saturated rings. The monoisotopic (exact) mass is 292 g/mol. The molecule has 2 aromatic rings. The fraction of sp³-hybridized carbons (Fsp3) is 0.111. The van der Waals surface area contributed by atoms with Gasteiger partial charge in [0, 0.05) is 0 Å². The zero-order valence-electron chi connectivity index (χ0n) is 12.2. The topological polar surface area (TPSA) is 66.0 Å². The highest BCUT2D eigenvalue weighted by Gasteiger charge is 2.09. The van der Waals surface area contributed by atoms with Gasteiger partial charge < -0.3 is 9.73 Å². The second-order valence-corrected chi connectivity index (χ2v) is 4.73. The fourth-order valence-corrected chi connectivity index (χ4v) is 1.91. The number of carbonyl (C=O) groups is 1. The number of hydrogen-bond acceptors (Lipinski definition) is 3. The van der Waals surface area contributed by atoms with E-state index in [0.717, 1.165) is 11.1 Å². The number of rotatable bonds is 5. The number of nitriles is 1. The maximum atomic E-state index is 12.0. The first-order valence-corrected chi connectivity index (χ1v) is 6.85. The van der Waals surface area contributed by atoms with Gasteiger partial charge in [-0.15, -0.1) is 0 Å². The van der Waals surface area contributed by atoms with Crippen molar-refractivity contribution in [1.82, 2.24) is 5.32 Å². The van der Waals surface area contributed by atoms with E-state index in [0.29, 0.717) is 5.76 Å². The van der Waals surface area contributed by atoms with Gasteiger partial charge >= 0.3 is 0 Å². The maximum Gasteiger partial charge on any atom is 0.262 e. The molecule has 22 heavy (non-hydrogen) atoms. The summed E-state index contributed by atoms with van der Waals surface area (Å²) in [5, 5.41) is 11.8. The van der Waals surface area contributed by atoms with Crippen molar-refractivity contribution < 1.29 is 9.21 Å². The van der Waals surface area contributed by atoms with Crippen LogP contribution in [0, 0.1) is 11.3 Å². The highest BCUT2D eigenvalue weighted by molar-refractivity contribution is 5.97. The molecule has 0 bridgehead atoms. The van der Waals surface area contributed by atoms with Crippen LogP contribution in [0.3, 0.4) is 0 Å². The van der Waals surface area contributed by atoms with Crippen molar-refractivity contribution in [2.24, 2.45) is 0 Å². The normalized spacial score (nSPS) is 11.8. The number of allylic oxidation sites excluding steroid dienone is 2. The molecule has 1 aromatic carbocycles. The van der Waals surface area contributed by atoms with E-state index in [1.807, 2.05) is 49.4 Å². The van der Waals surface area contributed by atoms with E-state index in [1.54, 1.807) is 18.2 Å². The van der Waals surface area contributed by atoms with Crippen molar-refractivity contribution in [3.63, 3.8) is 0 Å². The molecule has 0 unspecified atom stereocenters. The van der Waals surface area contributed by atoms with Gasteiger partial charge in [0.05, 0.1) is 12.8 Å². The van der Waals surface area contributed by atoms with Gasteiger partial charge in [0.1, 0.15) is 17.4 Å². The van der Waals surface area contributed by atoms with Gasteiger partial charge in [-0.2, -0.15) is 5.26 Å². The highest BCUT2D eigenvalue weighted by atomic mass is 16.3. The Morgan fingerprint density at radius 1 is 1.27 bits per heavy atom. The quantitative estimate of drug-likeness (QED) is 0.521. The lowest BCUT2D eigenvalue weighted by atomic mass is 10.1. The van der Waals surface area contributed by atoms with Crippen LogP contribution in [-0.4, -0.2) is 5.91 Å². The lowest BCUT2D eigenvalue weighted by Gasteiger charge is -2.02. The van der Waals surface area contributed by atoms with Gasteiger partial charge in [-0.3, -0.25) is 4.79 Å². The molecular formula is C18H16N2O2. The lowest BCUT2D eigenvalue weighted by Crippen LogP contribution is -2.23. The van der Waals surface area contributed by atoms with E-state index < -0.39 is 5.91 Å². The number of nitrogens with one attached hydrogen (secondary N) is 1. The molecule has 1 amide bonds. The van der Waals surface area contributed by atoms with Crippen LogP contribution in [-0.2, 0) is 11.3 Å². The van der Waals surface area contributed by atoms with Crippen LogP contribution in [0.2, 0.25) is 0 Å². The van der Waals surface area contributed by atoms with E-state index >= 15 is 0 Å². The van der Waals surface area contributed by atoms with Crippen molar-refractivity contribution >= 4 is 12.0 Å². The first-order chi connectivity index (χ1) is 10.7. The molecule has 110 valence electrons. The average molecular weight is 292 g/mol. The first kappa shape index (κ1) is 15.3.